The normalized spacial score (nSPS) is 17.8. The summed E-state index contributed by atoms with van der Waals surface area (Å²) < 4.78 is 13.5. The Balaban J connectivity index is 2.09. The summed E-state index contributed by atoms with van der Waals surface area (Å²) >= 11 is 3.35. The summed E-state index contributed by atoms with van der Waals surface area (Å²) in [5.41, 5.74) is -0.0606. The maximum Gasteiger partial charge on any atom is 0.410 e. The summed E-state index contributed by atoms with van der Waals surface area (Å²) in [6, 6.07) is 1.91. The lowest BCUT2D eigenvalue weighted by Gasteiger charge is -2.48. The van der Waals surface area contributed by atoms with Gasteiger partial charge in [0.05, 0.1) is 18.8 Å². The summed E-state index contributed by atoms with van der Waals surface area (Å²) in [4.78, 5) is 13.6. The Morgan fingerprint density at radius 2 is 2.05 bits per heavy atom. The maximum atomic E-state index is 12.0. The number of aromatic nitrogens is 2. The number of ether oxygens (including phenoxy) is 2. The van der Waals surface area contributed by atoms with E-state index in [0.717, 1.165) is 10.3 Å². The van der Waals surface area contributed by atoms with Crippen LogP contribution in [0.15, 0.2) is 10.7 Å². The van der Waals surface area contributed by atoms with Gasteiger partial charge in [0.15, 0.2) is 0 Å². The van der Waals surface area contributed by atoms with E-state index < -0.39 is 11.2 Å². The van der Waals surface area contributed by atoms with Crippen LogP contribution in [0.25, 0.3) is 0 Å². The third-order valence-corrected chi connectivity index (χ3v) is 3.64. The molecule has 1 saturated heterocycles. The average Bonchev–Trinajstić information content (AvgIpc) is 2.55. The van der Waals surface area contributed by atoms with Crippen molar-refractivity contribution in [1.82, 2.24) is 14.7 Å². The van der Waals surface area contributed by atoms with Crippen LogP contribution in [0.2, 0.25) is 0 Å². The van der Waals surface area contributed by atoms with Gasteiger partial charge in [-0.2, -0.15) is 5.10 Å². The standard InChI is InChI=1S/C13H20BrN3O3/c1-12(2,3)20-11(18)17-7-13(8-17,19-5)9-6-10(14)15-16(9)4/h6H,7-8H2,1-5H3. The van der Waals surface area contributed by atoms with E-state index in [1.165, 1.54) is 0 Å². The zero-order chi connectivity index (χ0) is 15.1. The summed E-state index contributed by atoms with van der Waals surface area (Å²) in [6.07, 6.45) is -0.314. The van der Waals surface area contributed by atoms with Crippen LogP contribution in [0.5, 0.6) is 0 Å². The number of carbonyl (C=O) groups excluding carboxylic acids is 1. The van der Waals surface area contributed by atoms with Crippen LogP contribution >= 0.6 is 15.9 Å². The number of nitrogens with zero attached hydrogens (tertiary/aromatic N) is 3. The molecule has 0 aromatic carbocycles. The summed E-state index contributed by atoms with van der Waals surface area (Å²) in [6.45, 7) is 6.49. The largest absolute Gasteiger partial charge is 0.444 e. The highest BCUT2D eigenvalue weighted by molar-refractivity contribution is 9.10. The van der Waals surface area contributed by atoms with Gasteiger partial charge in [0.2, 0.25) is 0 Å². The van der Waals surface area contributed by atoms with E-state index in [2.05, 4.69) is 21.0 Å². The molecule has 7 heteroatoms. The van der Waals surface area contributed by atoms with Crippen LogP contribution in [-0.2, 0) is 22.1 Å². The topological polar surface area (TPSA) is 56.6 Å². The first-order valence-corrected chi connectivity index (χ1v) is 7.19. The Morgan fingerprint density at radius 3 is 2.45 bits per heavy atom. The third-order valence-electron chi connectivity index (χ3n) is 3.25. The van der Waals surface area contributed by atoms with Gasteiger partial charge in [0, 0.05) is 14.2 Å². The van der Waals surface area contributed by atoms with E-state index in [-0.39, 0.29) is 6.09 Å². The number of aryl methyl sites for hydroxylation is 1. The van der Waals surface area contributed by atoms with Gasteiger partial charge >= 0.3 is 6.09 Å². The molecule has 2 heterocycles. The Labute approximate surface area is 127 Å². The molecule has 20 heavy (non-hydrogen) atoms. The van der Waals surface area contributed by atoms with Crippen molar-refractivity contribution in [2.24, 2.45) is 7.05 Å². The minimum absolute atomic E-state index is 0.314. The molecule has 1 aliphatic rings. The third kappa shape index (κ3) is 2.83. The highest BCUT2D eigenvalue weighted by Gasteiger charge is 2.50. The molecule has 0 aliphatic carbocycles. The molecule has 0 spiro atoms. The quantitative estimate of drug-likeness (QED) is 0.824. The lowest BCUT2D eigenvalue weighted by atomic mass is 9.90. The van der Waals surface area contributed by atoms with Crippen molar-refractivity contribution in [2.45, 2.75) is 32.0 Å². The molecule has 0 unspecified atom stereocenters. The second-order valence-electron chi connectivity index (χ2n) is 6.01. The van der Waals surface area contributed by atoms with E-state index >= 15 is 0 Å². The van der Waals surface area contributed by atoms with E-state index in [1.54, 1.807) is 16.7 Å². The number of hydrogen-bond acceptors (Lipinski definition) is 4. The van der Waals surface area contributed by atoms with Gasteiger partial charge in [0.25, 0.3) is 0 Å². The number of halogens is 1. The zero-order valence-corrected chi connectivity index (χ0v) is 14.0. The molecule has 1 fully saturated rings. The van der Waals surface area contributed by atoms with Crippen molar-refractivity contribution >= 4 is 22.0 Å². The zero-order valence-electron chi connectivity index (χ0n) is 12.4. The molecule has 0 atom stereocenters. The molecule has 0 radical (unpaired) electrons. The van der Waals surface area contributed by atoms with Crippen molar-refractivity contribution < 1.29 is 14.3 Å². The molecule has 1 amide bonds. The summed E-state index contributed by atoms with van der Waals surface area (Å²) in [5.74, 6) is 0. The van der Waals surface area contributed by atoms with Crippen molar-refractivity contribution in [3.63, 3.8) is 0 Å². The molecule has 2 rings (SSSR count). The predicted molar refractivity (Wildman–Crippen MR) is 77.4 cm³/mol. The van der Waals surface area contributed by atoms with Gasteiger partial charge < -0.3 is 14.4 Å². The lowest BCUT2D eigenvalue weighted by Crippen LogP contribution is -2.63. The molecule has 6 nitrogen and oxygen atoms in total. The number of hydrogen-bond donors (Lipinski definition) is 0. The van der Waals surface area contributed by atoms with Crippen molar-refractivity contribution in [3.8, 4) is 0 Å². The molecular formula is C13H20BrN3O3. The van der Waals surface area contributed by atoms with Crippen LogP contribution < -0.4 is 0 Å². The van der Waals surface area contributed by atoms with Crippen molar-refractivity contribution in [2.75, 3.05) is 20.2 Å². The maximum absolute atomic E-state index is 12.0. The monoisotopic (exact) mass is 345 g/mol. The van der Waals surface area contributed by atoms with Gasteiger partial charge in [-0.3, -0.25) is 4.68 Å². The Morgan fingerprint density at radius 1 is 1.45 bits per heavy atom. The van der Waals surface area contributed by atoms with Gasteiger partial charge in [-0.05, 0) is 42.8 Å². The second kappa shape index (κ2) is 5.04. The fourth-order valence-electron chi connectivity index (χ4n) is 2.28. The molecule has 0 N–H and O–H groups in total. The van der Waals surface area contributed by atoms with Crippen LogP contribution in [-0.4, -0.2) is 46.6 Å². The Hall–Kier alpha value is -1.08. The molecule has 0 saturated carbocycles. The molecule has 1 aromatic heterocycles. The molecular weight excluding hydrogens is 326 g/mol. The fraction of sp³-hybridized carbons (Fsp3) is 0.692. The van der Waals surface area contributed by atoms with Crippen LogP contribution in [0.4, 0.5) is 4.79 Å². The van der Waals surface area contributed by atoms with Gasteiger partial charge in [-0.1, -0.05) is 0 Å². The van der Waals surface area contributed by atoms with Crippen molar-refractivity contribution in [1.29, 1.82) is 0 Å². The molecule has 1 aliphatic heterocycles. The van der Waals surface area contributed by atoms with E-state index in [0.29, 0.717) is 13.1 Å². The van der Waals surface area contributed by atoms with Crippen LogP contribution in [0.3, 0.4) is 0 Å². The first-order chi connectivity index (χ1) is 9.17. The number of carbonyl (C=O) groups is 1. The van der Waals surface area contributed by atoms with E-state index in [4.69, 9.17) is 9.47 Å². The first-order valence-electron chi connectivity index (χ1n) is 6.40. The molecule has 1 aromatic rings. The summed E-state index contributed by atoms with van der Waals surface area (Å²) in [5, 5.41) is 4.25. The SMILES string of the molecule is COC1(c2cc(Br)nn2C)CN(C(=O)OC(C)(C)C)C1. The number of methoxy groups -OCH3 is 1. The van der Waals surface area contributed by atoms with E-state index in [9.17, 15) is 4.79 Å². The minimum atomic E-state index is -0.509. The predicted octanol–water partition coefficient (Wildman–Crippen LogP) is 2.28. The summed E-state index contributed by atoms with van der Waals surface area (Å²) in [7, 11) is 3.50. The smallest absolute Gasteiger partial charge is 0.410 e. The Bertz CT molecular complexity index is 515. The fourth-order valence-corrected chi connectivity index (χ4v) is 2.73. The van der Waals surface area contributed by atoms with E-state index in [1.807, 2.05) is 33.9 Å². The minimum Gasteiger partial charge on any atom is -0.444 e. The van der Waals surface area contributed by atoms with Gasteiger partial charge in [0.1, 0.15) is 15.8 Å². The molecule has 0 bridgehead atoms. The number of rotatable bonds is 2. The second-order valence-corrected chi connectivity index (χ2v) is 6.82. The molecule has 112 valence electrons. The van der Waals surface area contributed by atoms with Gasteiger partial charge in [-0.15, -0.1) is 0 Å². The van der Waals surface area contributed by atoms with Crippen LogP contribution in [0, 0.1) is 0 Å². The highest BCUT2D eigenvalue weighted by Crippen LogP contribution is 2.36. The Kier molecular flexibility index (Phi) is 3.85. The van der Waals surface area contributed by atoms with Crippen LogP contribution in [0.1, 0.15) is 26.5 Å². The number of likely N-dealkylation sites (tertiary alicyclic amines) is 1. The van der Waals surface area contributed by atoms with Crippen molar-refractivity contribution in [3.05, 3.63) is 16.4 Å². The first kappa shape index (κ1) is 15.3. The van der Waals surface area contributed by atoms with Gasteiger partial charge in [-0.25, -0.2) is 4.79 Å². The number of amides is 1. The lowest BCUT2D eigenvalue weighted by molar-refractivity contribution is -0.131. The highest BCUT2D eigenvalue weighted by atomic mass is 79.9. The average molecular weight is 346 g/mol.